The van der Waals surface area contributed by atoms with Gasteiger partial charge in [-0.2, -0.15) is 0 Å². The van der Waals surface area contributed by atoms with Gasteiger partial charge in [-0.25, -0.2) is 0 Å². The number of carbonyl (C=O) groups excluding carboxylic acids is 2. The quantitative estimate of drug-likeness (QED) is 0.238. The molecule has 6 nitrogen and oxygen atoms in total. The highest BCUT2D eigenvalue weighted by molar-refractivity contribution is 6.70. The van der Waals surface area contributed by atoms with E-state index in [-0.39, 0.29) is 46.3 Å². The third-order valence-electron chi connectivity index (χ3n) is 10.1. The number of carbonyl (C=O) groups is 2. The Labute approximate surface area is 220 Å². The summed E-state index contributed by atoms with van der Waals surface area (Å²) in [6.45, 7) is 22.0. The van der Waals surface area contributed by atoms with Gasteiger partial charge in [0.05, 0.1) is 37.3 Å². The van der Waals surface area contributed by atoms with Gasteiger partial charge in [-0.3, -0.25) is 9.59 Å². The van der Waals surface area contributed by atoms with Gasteiger partial charge < -0.3 is 18.3 Å². The van der Waals surface area contributed by atoms with Crippen LogP contribution in [0.2, 0.25) is 39.3 Å². The summed E-state index contributed by atoms with van der Waals surface area (Å²) in [5.74, 6) is -0.867. The molecule has 0 aromatic rings. The molecule has 204 valence electrons. The van der Waals surface area contributed by atoms with Crippen LogP contribution in [0, 0.1) is 34.0 Å². The Kier molecular flexibility index (Phi) is 6.64. The molecule has 4 fully saturated rings. The number of rotatable bonds is 6. The second-order valence-corrected chi connectivity index (χ2v) is 23.4. The van der Waals surface area contributed by atoms with Crippen LogP contribution in [0.15, 0.2) is 12.2 Å². The lowest BCUT2D eigenvalue weighted by Gasteiger charge is -2.55. The van der Waals surface area contributed by atoms with Gasteiger partial charge in [-0.05, 0) is 113 Å². The molecule has 4 saturated carbocycles. The van der Waals surface area contributed by atoms with Gasteiger partial charge >= 0.3 is 11.9 Å². The molecule has 2 bridgehead atoms. The summed E-state index contributed by atoms with van der Waals surface area (Å²) in [4.78, 5) is 27.6. The number of hydrogen-bond donors (Lipinski definition) is 0. The standard InChI is InChI=1S/C28H48O6Si2/c1-18-16-27-17-28(18,34-36(9,10)11)15-12-19(27)25(2)14-13-20(33-35(6,7)8)26(3,24(30)32-5)22(25)21(27)23(29)31-4/h19-22H,1,12-17H2,2-11H3/t19?,20-,21?,22?,25-,26?,27-,28-/m0/s1. The van der Waals surface area contributed by atoms with Gasteiger partial charge in [0.1, 0.15) is 0 Å². The average Bonchev–Trinajstić information content (AvgIpc) is 3.10. The van der Waals surface area contributed by atoms with Gasteiger partial charge in [0.2, 0.25) is 0 Å². The zero-order valence-corrected chi connectivity index (χ0v) is 26.2. The summed E-state index contributed by atoms with van der Waals surface area (Å²) in [6.07, 6.45) is 4.88. The molecule has 4 unspecified atom stereocenters. The van der Waals surface area contributed by atoms with E-state index in [1.807, 2.05) is 6.92 Å². The third-order valence-corrected chi connectivity index (χ3v) is 12.1. The van der Waals surface area contributed by atoms with Gasteiger partial charge in [0.25, 0.3) is 0 Å². The molecule has 0 heterocycles. The Morgan fingerprint density at radius 3 is 2.11 bits per heavy atom. The summed E-state index contributed by atoms with van der Waals surface area (Å²) in [5, 5.41) is 0. The highest BCUT2D eigenvalue weighted by atomic mass is 28.4. The van der Waals surface area contributed by atoms with E-state index in [1.54, 1.807) is 0 Å². The van der Waals surface area contributed by atoms with E-state index in [0.29, 0.717) is 0 Å². The summed E-state index contributed by atoms with van der Waals surface area (Å²) < 4.78 is 24.7. The molecule has 0 aliphatic heterocycles. The smallest absolute Gasteiger partial charge is 0.314 e. The minimum atomic E-state index is -1.98. The first-order valence-electron chi connectivity index (χ1n) is 13.6. The summed E-state index contributed by atoms with van der Waals surface area (Å²) in [6, 6.07) is 0. The number of hydrogen-bond acceptors (Lipinski definition) is 6. The van der Waals surface area contributed by atoms with E-state index in [4.69, 9.17) is 18.3 Å². The largest absolute Gasteiger partial charge is 0.469 e. The van der Waals surface area contributed by atoms with Crippen LogP contribution >= 0.6 is 0 Å². The van der Waals surface area contributed by atoms with Crippen molar-refractivity contribution in [3.63, 3.8) is 0 Å². The SMILES string of the molecule is C=C1C[C@]23C[C@@]1(O[Si](C)(C)C)CCC2[C@]1(C)CC[C@H](O[Si](C)(C)C)C(C)(C(=O)OC)C1C3C(=O)OC. The maximum absolute atomic E-state index is 13.9. The first-order chi connectivity index (χ1) is 16.4. The first kappa shape index (κ1) is 28.1. The second-order valence-electron chi connectivity index (χ2n) is 14.5. The van der Waals surface area contributed by atoms with Crippen molar-refractivity contribution >= 4 is 28.6 Å². The zero-order chi connectivity index (χ0) is 27.1. The van der Waals surface area contributed by atoms with Crippen LogP contribution in [-0.2, 0) is 27.9 Å². The molecule has 4 aliphatic carbocycles. The zero-order valence-electron chi connectivity index (χ0n) is 24.2. The van der Waals surface area contributed by atoms with E-state index >= 15 is 0 Å². The number of fused-ring (bicyclic) bond motifs is 3. The molecule has 0 aromatic heterocycles. The van der Waals surface area contributed by atoms with Crippen molar-refractivity contribution < 1.29 is 27.9 Å². The van der Waals surface area contributed by atoms with Crippen LogP contribution in [0.4, 0.5) is 0 Å². The fraction of sp³-hybridized carbons (Fsp3) is 0.857. The van der Waals surface area contributed by atoms with E-state index in [0.717, 1.165) is 44.1 Å². The fourth-order valence-electron chi connectivity index (χ4n) is 9.44. The first-order valence-corrected chi connectivity index (χ1v) is 20.4. The van der Waals surface area contributed by atoms with Crippen LogP contribution in [-0.4, -0.2) is 54.5 Å². The van der Waals surface area contributed by atoms with Crippen LogP contribution in [0.5, 0.6) is 0 Å². The van der Waals surface area contributed by atoms with Crippen LogP contribution in [0.3, 0.4) is 0 Å². The van der Waals surface area contributed by atoms with Crippen molar-refractivity contribution in [1.82, 2.24) is 0 Å². The number of ether oxygens (including phenoxy) is 2. The number of esters is 2. The van der Waals surface area contributed by atoms with E-state index < -0.39 is 28.0 Å². The Morgan fingerprint density at radius 2 is 1.58 bits per heavy atom. The molecule has 0 amide bonds. The maximum Gasteiger partial charge on any atom is 0.314 e. The van der Waals surface area contributed by atoms with Crippen LogP contribution in [0.25, 0.3) is 0 Å². The normalized spacial score (nSPS) is 44.1. The molecular weight excluding hydrogens is 488 g/mol. The van der Waals surface area contributed by atoms with Crippen molar-refractivity contribution in [1.29, 1.82) is 0 Å². The lowest BCUT2D eigenvalue weighted by Crippen LogP contribution is -2.60. The lowest BCUT2D eigenvalue weighted by atomic mass is 9.52. The highest BCUT2D eigenvalue weighted by Crippen LogP contribution is 2.79. The van der Waals surface area contributed by atoms with Crippen molar-refractivity contribution in [3.8, 4) is 0 Å². The van der Waals surface area contributed by atoms with Gasteiger partial charge in [-0.15, -0.1) is 0 Å². The van der Waals surface area contributed by atoms with Crippen molar-refractivity contribution in [2.24, 2.45) is 34.0 Å². The predicted octanol–water partition coefficient (Wildman–Crippen LogP) is 5.94. The minimum absolute atomic E-state index is 0.211. The summed E-state index contributed by atoms with van der Waals surface area (Å²) >= 11 is 0. The molecule has 8 atom stereocenters. The van der Waals surface area contributed by atoms with E-state index in [9.17, 15) is 9.59 Å². The third kappa shape index (κ3) is 3.92. The molecule has 1 spiro atoms. The van der Waals surface area contributed by atoms with Crippen molar-refractivity contribution in [2.75, 3.05) is 14.2 Å². The predicted molar refractivity (Wildman–Crippen MR) is 145 cm³/mol. The topological polar surface area (TPSA) is 71.1 Å². The van der Waals surface area contributed by atoms with E-state index in [2.05, 4.69) is 52.8 Å². The Hall–Kier alpha value is -0.966. The monoisotopic (exact) mass is 536 g/mol. The number of methoxy groups -OCH3 is 2. The molecular formula is C28H48O6Si2. The Balaban J connectivity index is 1.91. The highest BCUT2D eigenvalue weighted by Gasteiger charge is 2.79. The van der Waals surface area contributed by atoms with E-state index in [1.165, 1.54) is 14.2 Å². The maximum atomic E-state index is 13.9. The van der Waals surface area contributed by atoms with Gasteiger partial charge in [0.15, 0.2) is 16.6 Å². The Bertz CT molecular complexity index is 953. The fourth-order valence-corrected chi connectivity index (χ4v) is 12.1. The molecule has 0 radical (unpaired) electrons. The molecule has 8 heteroatoms. The summed E-state index contributed by atoms with van der Waals surface area (Å²) in [5.41, 5.74) is -0.744. The van der Waals surface area contributed by atoms with Crippen LogP contribution in [0.1, 0.15) is 52.4 Å². The molecule has 4 rings (SSSR count). The lowest BCUT2D eigenvalue weighted by molar-refractivity contribution is -0.183. The van der Waals surface area contributed by atoms with Crippen molar-refractivity contribution in [2.45, 2.75) is 103 Å². The minimum Gasteiger partial charge on any atom is -0.469 e. The average molecular weight is 537 g/mol. The molecule has 0 saturated heterocycles. The molecule has 0 aromatic carbocycles. The molecule has 36 heavy (non-hydrogen) atoms. The summed E-state index contributed by atoms with van der Waals surface area (Å²) in [7, 11) is -0.906. The van der Waals surface area contributed by atoms with Crippen molar-refractivity contribution in [3.05, 3.63) is 12.2 Å². The Morgan fingerprint density at radius 1 is 0.944 bits per heavy atom. The molecule has 4 aliphatic rings. The van der Waals surface area contributed by atoms with Gasteiger partial charge in [-0.1, -0.05) is 13.5 Å². The van der Waals surface area contributed by atoms with Gasteiger partial charge in [0, 0.05) is 0 Å². The van der Waals surface area contributed by atoms with Crippen LogP contribution < -0.4 is 0 Å². The second kappa shape index (κ2) is 8.52. The molecule has 0 N–H and O–H groups in total.